The van der Waals surface area contributed by atoms with Crippen LogP contribution in [-0.2, 0) is 10.0 Å². The van der Waals surface area contributed by atoms with Crippen LogP contribution in [0.5, 0.6) is 0 Å². The Balaban J connectivity index is 0.00000180. The van der Waals surface area contributed by atoms with Crippen molar-refractivity contribution in [1.29, 1.82) is 0 Å². The molecule has 0 amide bonds. The number of hydrogen-bond donors (Lipinski definition) is 1. The summed E-state index contributed by atoms with van der Waals surface area (Å²) in [5, 5.41) is 5.12. The highest BCUT2D eigenvalue weighted by molar-refractivity contribution is 7.89. The van der Waals surface area contributed by atoms with Crippen LogP contribution >= 0.6 is 12.4 Å². The largest absolute Gasteiger partial charge is 0.238 e. The molecule has 0 aliphatic carbocycles. The molecule has 0 spiro atoms. The maximum absolute atomic E-state index is 13.7. The van der Waals surface area contributed by atoms with Gasteiger partial charge in [0.1, 0.15) is 5.82 Å². The van der Waals surface area contributed by atoms with Crippen molar-refractivity contribution in [3.63, 3.8) is 0 Å². The molecule has 0 bridgehead atoms. The van der Waals surface area contributed by atoms with Crippen LogP contribution in [0.4, 0.5) is 4.39 Å². The SMILES string of the molecule is Cc1c(-c2ccccc2F)cccc1S(N)(=O)=O.Cl. The van der Waals surface area contributed by atoms with E-state index in [9.17, 15) is 12.8 Å². The number of benzene rings is 2. The third kappa shape index (κ3) is 3.12. The predicted octanol–water partition coefficient (Wildman–Crippen LogP) is 2.87. The van der Waals surface area contributed by atoms with Gasteiger partial charge < -0.3 is 0 Å². The van der Waals surface area contributed by atoms with Crippen LogP contribution in [-0.4, -0.2) is 8.42 Å². The average Bonchev–Trinajstić information content (AvgIpc) is 2.29. The second kappa shape index (κ2) is 5.69. The van der Waals surface area contributed by atoms with Crippen LogP contribution in [0.15, 0.2) is 47.4 Å². The fourth-order valence-electron chi connectivity index (χ4n) is 1.89. The first-order valence-electron chi connectivity index (χ1n) is 5.28. The third-order valence-corrected chi connectivity index (χ3v) is 3.81. The van der Waals surface area contributed by atoms with Crippen molar-refractivity contribution in [2.24, 2.45) is 5.14 Å². The first kappa shape index (κ1) is 15.6. The Morgan fingerprint density at radius 2 is 1.58 bits per heavy atom. The Morgan fingerprint density at radius 1 is 1.00 bits per heavy atom. The fraction of sp³-hybridized carbons (Fsp3) is 0.0769. The molecule has 2 aromatic rings. The summed E-state index contributed by atoms with van der Waals surface area (Å²) in [6.07, 6.45) is 0. The smallest absolute Gasteiger partial charge is 0.225 e. The number of nitrogens with two attached hydrogens (primary N) is 1. The Hall–Kier alpha value is -1.43. The van der Waals surface area contributed by atoms with E-state index in [4.69, 9.17) is 5.14 Å². The molecule has 0 heterocycles. The van der Waals surface area contributed by atoms with Crippen molar-refractivity contribution in [2.75, 3.05) is 0 Å². The van der Waals surface area contributed by atoms with E-state index < -0.39 is 15.8 Å². The van der Waals surface area contributed by atoms with Crippen LogP contribution in [0, 0.1) is 12.7 Å². The van der Waals surface area contributed by atoms with Gasteiger partial charge in [-0.2, -0.15) is 0 Å². The molecule has 0 atom stereocenters. The van der Waals surface area contributed by atoms with Gasteiger partial charge in [-0.15, -0.1) is 12.4 Å². The zero-order chi connectivity index (χ0) is 13.3. The zero-order valence-corrected chi connectivity index (χ0v) is 11.8. The maximum Gasteiger partial charge on any atom is 0.238 e. The highest BCUT2D eigenvalue weighted by Crippen LogP contribution is 2.29. The highest BCUT2D eigenvalue weighted by Gasteiger charge is 2.15. The molecule has 6 heteroatoms. The predicted molar refractivity (Wildman–Crippen MR) is 75.2 cm³/mol. The first-order valence-corrected chi connectivity index (χ1v) is 6.83. The molecular weight excluding hydrogens is 289 g/mol. The Morgan fingerprint density at radius 3 is 2.16 bits per heavy atom. The molecule has 2 N–H and O–H groups in total. The van der Waals surface area contributed by atoms with E-state index in [0.717, 1.165) is 0 Å². The lowest BCUT2D eigenvalue weighted by molar-refractivity contribution is 0.597. The van der Waals surface area contributed by atoms with E-state index in [0.29, 0.717) is 16.7 Å². The molecule has 2 rings (SSSR count). The van der Waals surface area contributed by atoms with Gasteiger partial charge in [-0.25, -0.2) is 17.9 Å². The van der Waals surface area contributed by atoms with Gasteiger partial charge in [-0.05, 0) is 30.2 Å². The third-order valence-electron chi connectivity index (χ3n) is 2.75. The molecule has 19 heavy (non-hydrogen) atoms. The van der Waals surface area contributed by atoms with Gasteiger partial charge in [0.05, 0.1) is 4.90 Å². The van der Waals surface area contributed by atoms with Crippen LogP contribution in [0.3, 0.4) is 0 Å². The number of halogens is 2. The minimum absolute atomic E-state index is 0. The summed E-state index contributed by atoms with van der Waals surface area (Å²) >= 11 is 0. The Kier molecular flexibility index (Phi) is 4.68. The molecule has 0 saturated carbocycles. The first-order chi connectivity index (χ1) is 8.41. The monoisotopic (exact) mass is 301 g/mol. The molecule has 0 fully saturated rings. The minimum Gasteiger partial charge on any atom is -0.225 e. The molecule has 0 aromatic heterocycles. The lowest BCUT2D eigenvalue weighted by Gasteiger charge is -2.10. The van der Waals surface area contributed by atoms with Gasteiger partial charge >= 0.3 is 0 Å². The minimum atomic E-state index is -3.80. The van der Waals surface area contributed by atoms with Crippen LogP contribution in [0.2, 0.25) is 0 Å². The van der Waals surface area contributed by atoms with Gasteiger partial charge in [0.25, 0.3) is 0 Å². The van der Waals surface area contributed by atoms with Crippen molar-refractivity contribution >= 4 is 22.4 Å². The summed E-state index contributed by atoms with van der Waals surface area (Å²) in [4.78, 5) is 0.0169. The summed E-state index contributed by atoms with van der Waals surface area (Å²) in [6.45, 7) is 1.61. The molecule has 0 unspecified atom stereocenters. The standard InChI is InChI=1S/C13H12FNO2S.ClH/c1-9-10(11-5-2-3-7-12(11)14)6-4-8-13(9)18(15,16)17;/h2-8H,1H3,(H2,15,16,17);1H. The van der Waals surface area contributed by atoms with E-state index in [1.54, 1.807) is 37.3 Å². The molecule has 3 nitrogen and oxygen atoms in total. The topological polar surface area (TPSA) is 60.2 Å². The summed E-state index contributed by atoms with van der Waals surface area (Å²) < 4.78 is 36.5. The normalized spacial score (nSPS) is 10.9. The highest BCUT2D eigenvalue weighted by atomic mass is 35.5. The van der Waals surface area contributed by atoms with Crippen molar-refractivity contribution < 1.29 is 12.8 Å². The van der Waals surface area contributed by atoms with Gasteiger partial charge in [-0.1, -0.05) is 30.3 Å². The molecule has 0 aliphatic rings. The zero-order valence-electron chi connectivity index (χ0n) is 10.1. The van der Waals surface area contributed by atoms with Crippen LogP contribution in [0.1, 0.15) is 5.56 Å². The number of primary sulfonamides is 1. The summed E-state index contributed by atoms with van der Waals surface area (Å²) in [7, 11) is -3.80. The van der Waals surface area contributed by atoms with Gasteiger partial charge in [0, 0.05) is 5.56 Å². The van der Waals surface area contributed by atoms with E-state index in [1.165, 1.54) is 12.1 Å². The summed E-state index contributed by atoms with van der Waals surface area (Å²) in [5.41, 5.74) is 1.34. The lowest BCUT2D eigenvalue weighted by atomic mass is 10.0. The van der Waals surface area contributed by atoms with Gasteiger partial charge in [0.2, 0.25) is 10.0 Å². The molecular formula is C13H13ClFNO2S. The Labute approximate surface area is 117 Å². The quantitative estimate of drug-likeness (QED) is 0.927. The van der Waals surface area contributed by atoms with E-state index in [1.807, 2.05) is 0 Å². The van der Waals surface area contributed by atoms with Gasteiger partial charge in [-0.3, -0.25) is 0 Å². The van der Waals surface area contributed by atoms with Gasteiger partial charge in [0.15, 0.2) is 0 Å². The second-order valence-corrected chi connectivity index (χ2v) is 5.48. The number of sulfonamides is 1. The van der Waals surface area contributed by atoms with Crippen molar-refractivity contribution in [3.05, 3.63) is 53.8 Å². The molecule has 2 aromatic carbocycles. The maximum atomic E-state index is 13.7. The van der Waals surface area contributed by atoms with Crippen molar-refractivity contribution in [2.45, 2.75) is 11.8 Å². The van der Waals surface area contributed by atoms with Crippen LogP contribution in [0.25, 0.3) is 11.1 Å². The molecule has 102 valence electrons. The molecule has 0 radical (unpaired) electrons. The van der Waals surface area contributed by atoms with Crippen molar-refractivity contribution in [1.82, 2.24) is 0 Å². The second-order valence-electron chi connectivity index (χ2n) is 3.95. The fourth-order valence-corrected chi connectivity index (χ4v) is 2.70. The number of hydrogen-bond acceptors (Lipinski definition) is 2. The van der Waals surface area contributed by atoms with Crippen molar-refractivity contribution in [3.8, 4) is 11.1 Å². The van der Waals surface area contributed by atoms with E-state index in [-0.39, 0.29) is 17.3 Å². The summed E-state index contributed by atoms with van der Waals surface area (Å²) in [6, 6.07) is 10.8. The van der Waals surface area contributed by atoms with Crippen LogP contribution < -0.4 is 5.14 Å². The molecule has 0 aliphatic heterocycles. The number of rotatable bonds is 2. The van der Waals surface area contributed by atoms with E-state index >= 15 is 0 Å². The lowest BCUT2D eigenvalue weighted by Crippen LogP contribution is -2.14. The van der Waals surface area contributed by atoms with E-state index in [2.05, 4.69) is 0 Å². The summed E-state index contributed by atoms with van der Waals surface area (Å²) in [5.74, 6) is -0.396. The molecule has 0 saturated heterocycles. The average molecular weight is 302 g/mol. The Bertz CT molecular complexity index is 702.